The van der Waals surface area contributed by atoms with Crippen molar-refractivity contribution in [1.82, 2.24) is 9.97 Å². The Labute approximate surface area is 87.7 Å². The van der Waals surface area contributed by atoms with E-state index in [-0.39, 0.29) is 11.9 Å². The number of rotatable bonds is 1. The van der Waals surface area contributed by atoms with Gasteiger partial charge in [0.1, 0.15) is 0 Å². The van der Waals surface area contributed by atoms with E-state index in [1.54, 1.807) is 6.20 Å². The van der Waals surface area contributed by atoms with E-state index < -0.39 is 0 Å². The van der Waals surface area contributed by atoms with Crippen molar-refractivity contribution in [2.45, 2.75) is 19.3 Å². The molecule has 0 amide bonds. The van der Waals surface area contributed by atoms with Crippen LogP contribution in [0.25, 0.3) is 0 Å². The number of ether oxygens (including phenoxy) is 1. The molecule has 5 heteroatoms. The Morgan fingerprint density at radius 3 is 3.20 bits per heavy atom. The SMILES string of the molecule is COC(=O)[C@H]1CCc2nc(N)ncc2C1. The van der Waals surface area contributed by atoms with Crippen LogP contribution in [0.3, 0.4) is 0 Å². The Morgan fingerprint density at radius 1 is 1.67 bits per heavy atom. The van der Waals surface area contributed by atoms with Crippen LogP contribution >= 0.6 is 0 Å². The molecule has 0 bridgehead atoms. The van der Waals surface area contributed by atoms with E-state index in [1.165, 1.54) is 7.11 Å². The lowest BCUT2D eigenvalue weighted by Gasteiger charge is -2.21. The summed E-state index contributed by atoms with van der Waals surface area (Å²) in [6.07, 6.45) is 3.90. The van der Waals surface area contributed by atoms with Crippen LogP contribution in [0.2, 0.25) is 0 Å². The van der Waals surface area contributed by atoms with Crippen molar-refractivity contribution < 1.29 is 9.53 Å². The van der Waals surface area contributed by atoms with Crippen LogP contribution in [0, 0.1) is 5.92 Å². The van der Waals surface area contributed by atoms with Crippen LogP contribution in [-0.4, -0.2) is 23.0 Å². The highest BCUT2D eigenvalue weighted by Gasteiger charge is 2.26. The summed E-state index contributed by atoms with van der Waals surface area (Å²) in [7, 11) is 1.41. The first-order valence-electron chi connectivity index (χ1n) is 4.89. The van der Waals surface area contributed by atoms with Crippen molar-refractivity contribution in [3.8, 4) is 0 Å². The Bertz CT molecular complexity index is 392. The van der Waals surface area contributed by atoms with E-state index in [0.29, 0.717) is 12.4 Å². The van der Waals surface area contributed by atoms with Gasteiger partial charge in [-0.2, -0.15) is 0 Å². The third-order valence-corrected chi connectivity index (χ3v) is 2.70. The fourth-order valence-corrected chi connectivity index (χ4v) is 1.89. The molecule has 1 heterocycles. The number of hydrogen-bond acceptors (Lipinski definition) is 5. The average molecular weight is 207 g/mol. The fraction of sp³-hybridized carbons (Fsp3) is 0.500. The zero-order valence-electron chi connectivity index (χ0n) is 8.56. The number of fused-ring (bicyclic) bond motifs is 1. The lowest BCUT2D eigenvalue weighted by atomic mass is 9.87. The zero-order chi connectivity index (χ0) is 10.8. The highest BCUT2D eigenvalue weighted by Crippen LogP contribution is 2.24. The van der Waals surface area contributed by atoms with Gasteiger partial charge in [0.25, 0.3) is 0 Å². The molecule has 0 radical (unpaired) electrons. The van der Waals surface area contributed by atoms with Crippen molar-refractivity contribution >= 4 is 11.9 Å². The van der Waals surface area contributed by atoms with E-state index in [0.717, 1.165) is 24.1 Å². The van der Waals surface area contributed by atoms with Gasteiger partial charge < -0.3 is 10.5 Å². The molecule has 0 saturated heterocycles. The zero-order valence-corrected chi connectivity index (χ0v) is 8.56. The summed E-state index contributed by atoms with van der Waals surface area (Å²) in [5, 5.41) is 0. The monoisotopic (exact) mass is 207 g/mol. The van der Waals surface area contributed by atoms with E-state index in [4.69, 9.17) is 10.5 Å². The van der Waals surface area contributed by atoms with E-state index >= 15 is 0 Å². The van der Waals surface area contributed by atoms with Crippen LogP contribution < -0.4 is 5.73 Å². The fourth-order valence-electron chi connectivity index (χ4n) is 1.89. The number of hydrogen-bond donors (Lipinski definition) is 1. The molecule has 0 unspecified atom stereocenters. The van der Waals surface area contributed by atoms with Crippen molar-refractivity contribution in [1.29, 1.82) is 0 Å². The van der Waals surface area contributed by atoms with E-state index in [1.807, 2.05) is 0 Å². The Morgan fingerprint density at radius 2 is 2.47 bits per heavy atom. The van der Waals surface area contributed by atoms with Crippen LogP contribution in [-0.2, 0) is 22.4 Å². The second-order valence-electron chi connectivity index (χ2n) is 3.66. The first-order chi connectivity index (χ1) is 7.20. The van der Waals surface area contributed by atoms with Crippen LogP contribution in [0.4, 0.5) is 5.95 Å². The molecular formula is C10H13N3O2. The van der Waals surface area contributed by atoms with Gasteiger partial charge in [-0.1, -0.05) is 0 Å². The third kappa shape index (κ3) is 1.91. The molecule has 0 aromatic carbocycles. The number of carbonyl (C=O) groups is 1. The van der Waals surface area contributed by atoms with Gasteiger partial charge in [-0.25, -0.2) is 9.97 Å². The lowest BCUT2D eigenvalue weighted by Crippen LogP contribution is -2.24. The standard InChI is InChI=1S/C10H13N3O2/c1-15-9(14)6-2-3-8-7(4-6)5-12-10(11)13-8/h5-6H,2-4H2,1H3,(H2,11,12,13)/t6-/m0/s1. The van der Waals surface area contributed by atoms with Crippen LogP contribution in [0.5, 0.6) is 0 Å². The molecule has 2 rings (SSSR count). The highest BCUT2D eigenvalue weighted by atomic mass is 16.5. The number of anilines is 1. The second kappa shape index (κ2) is 3.84. The van der Waals surface area contributed by atoms with Crippen LogP contribution in [0.1, 0.15) is 17.7 Å². The normalized spacial score (nSPS) is 19.4. The molecule has 15 heavy (non-hydrogen) atoms. The number of nitrogens with two attached hydrogens (primary N) is 1. The number of esters is 1. The summed E-state index contributed by atoms with van der Waals surface area (Å²) in [5.74, 6) is 0.0810. The molecule has 0 saturated carbocycles. The third-order valence-electron chi connectivity index (χ3n) is 2.70. The minimum Gasteiger partial charge on any atom is -0.469 e. The number of aryl methyl sites for hydroxylation is 1. The van der Waals surface area contributed by atoms with Crippen molar-refractivity contribution in [2.75, 3.05) is 12.8 Å². The summed E-state index contributed by atoms with van der Waals surface area (Å²) in [6.45, 7) is 0. The molecule has 1 aliphatic rings. The quantitative estimate of drug-likeness (QED) is 0.672. The number of nitrogen functional groups attached to an aromatic ring is 1. The Balaban J connectivity index is 2.20. The maximum Gasteiger partial charge on any atom is 0.309 e. The maximum absolute atomic E-state index is 11.4. The molecule has 5 nitrogen and oxygen atoms in total. The van der Waals surface area contributed by atoms with Gasteiger partial charge in [0.2, 0.25) is 5.95 Å². The largest absolute Gasteiger partial charge is 0.469 e. The molecule has 80 valence electrons. The topological polar surface area (TPSA) is 78.1 Å². The minimum atomic E-state index is -0.155. The average Bonchev–Trinajstić information content (AvgIpc) is 2.27. The van der Waals surface area contributed by atoms with Gasteiger partial charge in [-0.05, 0) is 24.8 Å². The first kappa shape index (κ1) is 9.89. The molecule has 1 aliphatic carbocycles. The smallest absolute Gasteiger partial charge is 0.309 e. The van der Waals surface area contributed by atoms with Crippen molar-refractivity contribution in [2.24, 2.45) is 5.92 Å². The Hall–Kier alpha value is -1.65. The van der Waals surface area contributed by atoms with E-state index in [9.17, 15) is 4.79 Å². The van der Waals surface area contributed by atoms with Gasteiger partial charge in [0.05, 0.1) is 13.0 Å². The van der Waals surface area contributed by atoms with Crippen molar-refractivity contribution in [3.05, 3.63) is 17.5 Å². The molecular weight excluding hydrogens is 194 g/mol. The number of aromatic nitrogens is 2. The minimum absolute atomic E-state index is 0.0604. The predicted octanol–water partition coefficient (Wildman–Crippen LogP) is 0.337. The summed E-state index contributed by atoms with van der Waals surface area (Å²) < 4.78 is 4.72. The number of carbonyl (C=O) groups excluding carboxylic acids is 1. The summed E-state index contributed by atoms with van der Waals surface area (Å²) in [5.41, 5.74) is 7.45. The molecule has 0 spiro atoms. The van der Waals surface area contributed by atoms with Gasteiger partial charge in [0, 0.05) is 11.9 Å². The van der Waals surface area contributed by atoms with E-state index in [2.05, 4.69) is 9.97 Å². The molecule has 1 aromatic rings. The molecule has 0 aliphatic heterocycles. The second-order valence-corrected chi connectivity index (χ2v) is 3.66. The van der Waals surface area contributed by atoms with Crippen molar-refractivity contribution in [3.63, 3.8) is 0 Å². The predicted molar refractivity (Wildman–Crippen MR) is 54.0 cm³/mol. The van der Waals surface area contributed by atoms with Gasteiger partial charge in [-0.3, -0.25) is 4.79 Å². The summed E-state index contributed by atoms with van der Waals surface area (Å²) in [6, 6.07) is 0. The highest BCUT2D eigenvalue weighted by molar-refractivity contribution is 5.73. The maximum atomic E-state index is 11.4. The molecule has 0 fully saturated rings. The van der Waals surface area contributed by atoms with Gasteiger partial charge in [-0.15, -0.1) is 0 Å². The number of nitrogens with zero attached hydrogens (tertiary/aromatic N) is 2. The Kier molecular flexibility index (Phi) is 2.53. The van der Waals surface area contributed by atoms with Gasteiger partial charge >= 0.3 is 5.97 Å². The lowest BCUT2D eigenvalue weighted by molar-refractivity contribution is -0.145. The number of methoxy groups -OCH3 is 1. The van der Waals surface area contributed by atoms with Crippen LogP contribution in [0.15, 0.2) is 6.20 Å². The van der Waals surface area contributed by atoms with Gasteiger partial charge in [0.15, 0.2) is 0 Å². The molecule has 2 N–H and O–H groups in total. The first-order valence-corrected chi connectivity index (χ1v) is 4.89. The molecule has 1 aromatic heterocycles. The summed E-state index contributed by atoms with van der Waals surface area (Å²) in [4.78, 5) is 19.4. The summed E-state index contributed by atoms with van der Waals surface area (Å²) >= 11 is 0. The molecule has 1 atom stereocenters.